The highest BCUT2D eigenvalue weighted by Crippen LogP contribution is 2.36. The molecule has 0 fully saturated rings. The summed E-state index contributed by atoms with van der Waals surface area (Å²) >= 11 is 0. The standard InChI is InChI=1S/C25H19FO5/c1-2-29-25(28)24(17-8-4-3-5-9-17)30-19-11-12-20-21(15-19)31-22(23(20)27)14-16-7-6-10-18(26)13-16/h3-15,24H,2H2,1H3. The van der Waals surface area contributed by atoms with Gasteiger partial charge in [-0.15, -0.1) is 0 Å². The Labute approximate surface area is 178 Å². The largest absolute Gasteiger partial charge is 0.474 e. The number of ketones is 1. The molecule has 1 unspecified atom stereocenters. The maximum absolute atomic E-state index is 13.4. The van der Waals surface area contributed by atoms with Gasteiger partial charge in [-0.25, -0.2) is 9.18 Å². The van der Waals surface area contributed by atoms with E-state index in [1.165, 1.54) is 18.2 Å². The van der Waals surface area contributed by atoms with Crippen molar-refractivity contribution in [2.75, 3.05) is 6.61 Å². The number of hydrogen-bond donors (Lipinski definition) is 0. The summed E-state index contributed by atoms with van der Waals surface area (Å²) in [6, 6.07) is 19.6. The number of halogens is 1. The van der Waals surface area contributed by atoms with Crippen molar-refractivity contribution in [3.8, 4) is 11.5 Å². The van der Waals surface area contributed by atoms with E-state index >= 15 is 0 Å². The number of rotatable bonds is 6. The van der Waals surface area contributed by atoms with E-state index in [0.29, 0.717) is 28.2 Å². The van der Waals surface area contributed by atoms with E-state index in [2.05, 4.69) is 0 Å². The highest BCUT2D eigenvalue weighted by atomic mass is 19.1. The van der Waals surface area contributed by atoms with Crippen molar-refractivity contribution in [1.29, 1.82) is 0 Å². The van der Waals surface area contributed by atoms with Crippen LogP contribution in [0.5, 0.6) is 11.5 Å². The fourth-order valence-corrected chi connectivity index (χ4v) is 3.22. The zero-order chi connectivity index (χ0) is 21.8. The van der Waals surface area contributed by atoms with Crippen LogP contribution in [0.4, 0.5) is 4.39 Å². The first-order chi connectivity index (χ1) is 15.0. The Bertz CT molecular complexity index is 1150. The van der Waals surface area contributed by atoms with Crippen LogP contribution in [-0.2, 0) is 9.53 Å². The molecule has 1 aliphatic heterocycles. The number of ether oxygens (including phenoxy) is 3. The quantitative estimate of drug-likeness (QED) is 0.411. The maximum Gasteiger partial charge on any atom is 0.352 e. The molecule has 0 aromatic heterocycles. The van der Waals surface area contributed by atoms with Crippen LogP contribution in [0.2, 0.25) is 0 Å². The second-order valence-electron chi connectivity index (χ2n) is 6.81. The predicted molar refractivity (Wildman–Crippen MR) is 112 cm³/mol. The minimum absolute atomic E-state index is 0.0859. The van der Waals surface area contributed by atoms with Gasteiger partial charge in [-0.05, 0) is 42.8 Å². The summed E-state index contributed by atoms with van der Waals surface area (Å²) < 4.78 is 30.2. The van der Waals surface area contributed by atoms with Crippen LogP contribution in [0.1, 0.15) is 34.5 Å². The second-order valence-corrected chi connectivity index (χ2v) is 6.81. The van der Waals surface area contributed by atoms with Gasteiger partial charge in [0, 0.05) is 11.6 Å². The van der Waals surface area contributed by atoms with Crippen molar-refractivity contribution in [1.82, 2.24) is 0 Å². The van der Waals surface area contributed by atoms with Gasteiger partial charge in [-0.3, -0.25) is 4.79 Å². The van der Waals surface area contributed by atoms with Crippen molar-refractivity contribution >= 4 is 17.8 Å². The summed E-state index contributed by atoms with van der Waals surface area (Å²) in [5.41, 5.74) is 1.52. The van der Waals surface area contributed by atoms with Gasteiger partial charge in [0.2, 0.25) is 11.9 Å². The van der Waals surface area contributed by atoms with Gasteiger partial charge in [0.05, 0.1) is 12.2 Å². The molecule has 5 nitrogen and oxygen atoms in total. The first kappa shape index (κ1) is 20.3. The number of carbonyl (C=O) groups is 2. The first-order valence-corrected chi connectivity index (χ1v) is 9.77. The van der Waals surface area contributed by atoms with E-state index in [-0.39, 0.29) is 18.1 Å². The Morgan fingerprint density at radius 2 is 1.87 bits per heavy atom. The number of hydrogen-bond acceptors (Lipinski definition) is 5. The summed E-state index contributed by atoms with van der Waals surface area (Å²) in [6.07, 6.45) is 0.524. The molecule has 6 heteroatoms. The number of carbonyl (C=O) groups excluding carboxylic acids is 2. The maximum atomic E-state index is 13.4. The van der Waals surface area contributed by atoms with Crippen molar-refractivity contribution in [3.05, 3.63) is 101 Å². The van der Waals surface area contributed by atoms with Gasteiger partial charge in [0.15, 0.2) is 5.76 Å². The molecule has 0 spiro atoms. The van der Waals surface area contributed by atoms with Crippen LogP contribution in [0.3, 0.4) is 0 Å². The lowest BCUT2D eigenvalue weighted by molar-refractivity contribution is -0.151. The Morgan fingerprint density at radius 3 is 2.61 bits per heavy atom. The normalized spacial score (nSPS) is 14.6. The fourth-order valence-electron chi connectivity index (χ4n) is 3.22. The molecule has 156 valence electrons. The predicted octanol–water partition coefficient (Wildman–Crippen LogP) is 5.13. The van der Waals surface area contributed by atoms with E-state index in [1.807, 2.05) is 6.07 Å². The van der Waals surface area contributed by atoms with Crippen LogP contribution in [0, 0.1) is 5.82 Å². The molecule has 1 heterocycles. The number of fused-ring (bicyclic) bond motifs is 1. The average Bonchev–Trinajstić information content (AvgIpc) is 3.07. The third-order valence-corrected chi connectivity index (χ3v) is 4.64. The fraction of sp³-hybridized carbons (Fsp3) is 0.120. The minimum Gasteiger partial charge on any atom is -0.474 e. The van der Waals surface area contributed by atoms with Crippen LogP contribution in [-0.4, -0.2) is 18.4 Å². The van der Waals surface area contributed by atoms with Gasteiger partial charge in [0.1, 0.15) is 17.3 Å². The molecule has 1 atom stereocenters. The highest BCUT2D eigenvalue weighted by Gasteiger charge is 2.29. The third-order valence-electron chi connectivity index (χ3n) is 4.64. The van der Waals surface area contributed by atoms with Gasteiger partial charge in [-0.1, -0.05) is 42.5 Å². The lowest BCUT2D eigenvalue weighted by Crippen LogP contribution is -2.21. The molecule has 31 heavy (non-hydrogen) atoms. The van der Waals surface area contributed by atoms with Crippen molar-refractivity contribution in [3.63, 3.8) is 0 Å². The summed E-state index contributed by atoms with van der Waals surface area (Å²) in [7, 11) is 0. The minimum atomic E-state index is -0.960. The van der Waals surface area contributed by atoms with E-state index in [4.69, 9.17) is 14.2 Å². The molecule has 0 bridgehead atoms. The Kier molecular flexibility index (Phi) is 5.80. The summed E-state index contributed by atoms with van der Waals surface area (Å²) in [4.78, 5) is 25.1. The van der Waals surface area contributed by atoms with E-state index < -0.39 is 17.9 Å². The molecule has 0 N–H and O–H groups in total. The summed E-state index contributed by atoms with van der Waals surface area (Å²) in [5.74, 6) is -0.489. The Morgan fingerprint density at radius 1 is 1.06 bits per heavy atom. The lowest BCUT2D eigenvalue weighted by atomic mass is 10.1. The molecular weight excluding hydrogens is 399 g/mol. The Hall–Kier alpha value is -3.93. The summed E-state index contributed by atoms with van der Waals surface area (Å²) in [6.45, 7) is 1.95. The monoisotopic (exact) mass is 418 g/mol. The Balaban J connectivity index is 1.59. The number of Topliss-reactive ketones (excluding diaryl/α,β-unsaturated/α-hetero) is 1. The lowest BCUT2D eigenvalue weighted by Gasteiger charge is -2.18. The molecule has 0 saturated heterocycles. The molecule has 0 radical (unpaired) electrons. The van der Waals surface area contributed by atoms with E-state index in [0.717, 1.165) is 0 Å². The molecule has 4 rings (SSSR count). The van der Waals surface area contributed by atoms with Crippen LogP contribution >= 0.6 is 0 Å². The molecular formula is C25H19FO5. The van der Waals surface area contributed by atoms with Crippen molar-refractivity contribution in [2.24, 2.45) is 0 Å². The van der Waals surface area contributed by atoms with E-state index in [9.17, 15) is 14.0 Å². The first-order valence-electron chi connectivity index (χ1n) is 9.77. The van der Waals surface area contributed by atoms with Gasteiger partial charge < -0.3 is 14.2 Å². The zero-order valence-corrected chi connectivity index (χ0v) is 16.7. The number of esters is 1. The second kappa shape index (κ2) is 8.83. The number of allylic oxidation sites excluding steroid dienone is 1. The third kappa shape index (κ3) is 4.48. The SMILES string of the molecule is CCOC(=O)C(Oc1ccc2c(c1)OC(=Cc1cccc(F)c1)C2=O)c1ccccc1. The van der Waals surface area contributed by atoms with Gasteiger partial charge in [-0.2, -0.15) is 0 Å². The van der Waals surface area contributed by atoms with Gasteiger partial charge in [0.25, 0.3) is 0 Å². The molecule has 1 aliphatic rings. The topological polar surface area (TPSA) is 61.8 Å². The summed E-state index contributed by atoms with van der Waals surface area (Å²) in [5, 5.41) is 0. The molecule has 0 amide bonds. The van der Waals surface area contributed by atoms with Gasteiger partial charge >= 0.3 is 5.97 Å². The van der Waals surface area contributed by atoms with E-state index in [1.54, 1.807) is 61.5 Å². The molecule has 0 saturated carbocycles. The highest BCUT2D eigenvalue weighted by molar-refractivity contribution is 6.14. The van der Waals surface area contributed by atoms with Crippen LogP contribution in [0.25, 0.3) is 6.08 Å². The van der Waals surface area contributed by atoms with Crippen molar-refractivity contribution in [2.45, 2.75) is 13.0 Å². The molecule has 3 aromatic rings. The van der Waals surface area contributed by atoms with Crippen molar-refractivity contribution < 1.29 is 28.2 Å². The molecule has 3 aromatic carbocycles. The molecule has 0 aliphatic carbocycles. The zero-order valence-electron chi connectivity index (χ0n) is 16.7. The smallest absolute Gasteiger partial charge is 0.352 e. The average molecular weight is 418 g/mol. The van der Waals surface area contributed by atoms with Crippen LogP contribution < -0.4 is 9.47 Å². The number of benzene rings is 3. The van der Waals surface area contributed by atoms with Crippen LogP contribution in [0.15, 0.2) is 78.6 Å².